The number of piperidine rings is 1. The number of hydrogen-bond donors (Lipinski definition) is 1. The van der Waals surface area contributed by atoms with Gasteiger partial charge in [-0.25, -0.2) is 0 Å². The van der Waals surface area contributed by atoms with Gasteiger partial charge in [0.2, 0.25) is 5.91 Å². The van der Waals surface area contributed by atoms with Gasteiger partial charge in [-0.3, -0.25) is 4.79 Å². The Kier molecular flexibility index (Phi) is 5.24. The zero-order chi connectivity index (χ0) is 12.9. The molecule has 6 heteroatoms. The minimum Gasteiger partial charge on any atom is -0.332 e. The van der Waals surface area contributed by atoms with Crippen molar-refractivity contribution >= 4 is 5.91 Å². The summed E-state index contributed by atoms with van der Waals surface area (Å²) < 4.78 is 37.0. The van der Waals surface area contributed by atoms with E-state index in [1.54, 1.807) is 6.92 Å². The van der Waals surface area contributed by atoms with Crippen molar-refractivity contribution in [2.75, 3.05) is 19.6 Å². The van der Waals surface area contributed by atoms with Crippen molar-refractivity contribution in [3.8, 4) is 0 Å². The van der Waals surface area contributed by atoms with E-state index in [1.165, 1.54) is 0 Å². The van der Waals surface area contributed by atoms with Crippen LogP contribution in [0.2, 0.25) is 0 Å². The molecular weight excluding hydrogens is 233 g/mol. The van der Waals surface area contributed by atoms with Crippen LogP contribution in [-0.4, -0.2) is 42.7 Å². The minimum atomic E-state index is -4.32. The van der Waals surface area contributed by atoms with Gasteiger partial charge in [0.1, 0.15) is 6.54 Å². The summed E-state index contributed by atoms with van der Waals surface area (Å²) in [4.78, 5) is 12.8. The zero-order valence-corrected chi connectivity index (χ0v) is 10.0. The van der Waals surface area contributed by atoms with Crippen molar-refractivity contribution in [1.29, 1.82) is 0 Å². The Morgan fingerprint density at radius 2 is 2.12 bits per heavy atom. The summed E-state index contributed by atoms with van der Waals surface area (Å²) in [5.74, 6) is -0.413. The third-order valence-corrected chi connectivity index (χ3v) is 2.78. The van der Waals surface area contributed by atoms with Gasteiger partial charge in [-0.1, -0.05) is 13.3 Å². The van der Waals surface area contributed by atoms with Crippen molar-refractivity contribution in [1.82, 2.24) is 10.2 Å². The van der Waals surface area contributed by atoms with Crippen molar-refractivity contribution in [2.45, 2.75) is 44.8 Å². The summed E-state index contributed by atoms with van der Waals surface area (Å²) in [5, 5.41) is 2.98. The lowest BCUT2D eigenvalue weighted by Gasteiger charge is -2.30. The van der Waals surface area contributed by atoms with Crippen LogP contribution in [0.1, 0.15) is 32.6 Å². The quantitative estimate of drug-likeness (QED) is 0.829. The molecule has 1 N–H and O–H groups in total. The first-order valence-electron chi connectivity index (χ1n) is 6.03. The molecule has 0 radical (unpaired) electrons. The van der Waals surface area contributed by atoms with Gasteiger partial charge in [0.25, 0.3) is 0 Å². The monoisotopic (exact) mass is 252 g/mol. The predicted molar refractivity (Wildman–Crippen MR) is 58.6 cm³/mol. The van der Waals surface area contributed by atoms with E-state index in [9.17, 15) is 18.0 Å². The lowest BCUT2D eigenvalue weighted by atomic mass is 10.0. The normalized spacial score (nSPS) is 21.3. The Morgan fingerprint density at radius 3 is 2.59 bits per heavy atom. The van der Waals surface area contributed by atoms with Crippen molar-refractivity contribution < 1.29 is 18.0 Å². The van der Waals surface area contributed by atoms with E-state index < -0.39 is 24.7 Å². The second-order valence-electron chi connectivity index (χ2n) is 4.38. The third kappa shape index (κ3) is 4.93. The summed E-state index contributed by atoms with van der Waals surface area (Å²) in [6.07, 6.45) is -1.27. The predicted octanol–water partition coefficient (Wildman–Crippen LogP) is 1.93. The maximum Gasteiger partial charge on any atom is 0.406 e. The molecule has 0 unspecified atom stereocenters. The molecule has 0 spiro atoms. The largest absolute Gasteiger partial charge is 0.406 e. The van der Waals surface area contributed by atoms with Crippen LogP contribution >= 0.6 is 0 Å². The van der Waals surface area contributed by atoms with E-state index in [0.717, 1.165) is 17.7 Å². The molecular formula is C11H19F3N2O. The maximum atomic E-state index is 12.3. The van der Waals surface area contributed by atoms with Crippen molar-refractivity contribution in [2.24, 2.45) is 0 Å². The standard InChI is InChI=1S/C11H19F3N2O/c1-2-7-16(8-11(12,13)14)10(17)9-5-3-4-6-15-9/h9,15H,2-8H2,1H3/t9-/m1/s1. The van der Waals surface area contributed by atoms with E-state index in [-0.39, 0.29) is 6.54 Å². The highest BCUT2D eigenvalue weighted by Crippen LogP contribution is 2.18. The van der Waals surface area contributed by atoms with E-state index in [4.69, 9.17) is 0 Å². The molecule has 0 bridgehead atoms. The summed E-state index contributed by atoms with van der Waals surface area (Å²) in [6, 6.07) is -0.433. The number of carbonyl (C=O) groups excluding carboxylic acids is 1. The molecule has 1 fully saturated rings. The van der Waals surface area contributed by atoms with E-state index in [1.807, 2.05) is 0 Å². The molecule has 1 aliphatic rings. The second kappa shape index (κ2) is 6.23. The average molecular weight is 252 g/mol. The Labute approximate surface area is 99.4 Å². The summed E-state index contributed by atoms with van der Waals surface area (Å²) in [5.41, 5.74) is 0. The molecule has 0 aromatic carbocycles. The molecule has 0 aromatic heterocycles. The molecule has 0 aromatic rings. The first-order chi connectivity index (χ1) is 7.94. The molecule has 1 aliphatic heterocycles. The Hall–Kier alpha value is -0.780. The van der Waals surface area contributed by atoms with Crippen LogP contribution in [0.4, 0.5) is 13.2 Å². The van der Waals surface area contributed by atoms with Crippen LogP contribution in [0.3, 0.4) is 0 Å². The molecule has 1 saturated heterocycles. The fraction of sp³-hybridized carbons (Fsp3) is 0.909. The van der Waals surface area contributed by atoms with E-state index in [0.29, 0.717) is 19.4 Å². The van der Waals surface area contributed by atoms with Crippen molar-refractivity contribution in [3.63, 3.8) is 0 Å². The number of hydrogen-bond acceptors (Lipinski definition) is 2. The number of nitrogens with one attached hydrogen (secondary N) is 1. The summed E-state index contributed by atoms with van der Waals surface area (Å²) in [6.45, 7) is 1.50. The topological polar surface area (TPSA) is 32.3 Å². The molecule has 3 nitrogen and oxygen atoms in total. The molecule has 1 heterocycles. The summed E-state index contributed by atoms with van der Waals surface area (Å²) in [7, 11) is 0. The molecule has 0 saturated carbocycles. The fourth-order valence-electron chi connectivity index (χ4n) is 2.04. The second-order valence-corrected chi connectivity index (χ2v) is 4.38. The lowest BCUT2D eigenvalue weighted by molar-refractivity contribution is -0.162. The van der Waals surface area contributed by atoms with Crippen molar-refractivity contribution in [3.05, 3.63) is 0 Å². The van der Waals surface area contributed by atoms with Gasteiger partial charge in [-0.05, 0) is 25.8 Å². The highest BCUT2D eigenvalue weighted by Gasteiger charge is 2.35. The molecule has 1 atom stereocenters. The van der Waals surface area contributed by atoms with Crippen LogP contribution < -0.4 is 5.32 Å². The number of rotatable bonds is 4. The highest BCUT2D eigenvalue weighted by molar-refractivity contribution is 5.82. The number of carbonyl (C=O) groups is 1. The molecule has 1 amide bonds. The van der Waals surface area contributed by atoms with E-state index >= 15 is 0 Å². The van der Waals surface area contributed by atoms with Gasteiger partial charge in [0.15, 0.2) is 0 Å². The molecule has 17 heavy (non-hydrogen) atoms. The fourth-order valence-corrected chi connectivity index (χ4v) is 2.04. The minimum absolute atomic E-state index is 0.163. The Bertz CT molecular complexity index is 250. The van der Waals surface area contributed by atoms with Gasteiger partial charge in [0, 0.05) is 6.54 Å². The Balaban J connectivity index is 2.58. The van der Waals surface area contributed by atoms with Crippen LogP contribution in [0.5, 0.6) is 0 Å². The first-order valence-corrected chi connectivity index (χ1v) is 6.03. The number of nitrogens with zero attached hydrogens (tertiary/aromatic N) is 1. The summed E-state index contributed by atoms with van der Waals surface area (Å²) >= 11 is 0. The van der Waals surface area contributed by atoms with Crippen LogP contribution in [0, 0.1) is 0 Å². The average Bonchev–Trinajstić information content (AvgIpc) is 2.27. The highest BCUT2D eigenvalue weighted by atomic mass is 19.4. The SMILES string of the molecule is CCCN(CC(F)(F)F)C(=O)[C@H]1CCCCN1. The van der Waals surface area contributed by atoms with Crippen LogP contribution in [0.25, 0.3) is 0 Å². The smallest absolute Gasteiger partial charge is 0.332 e. The van der Waals surface area contributed by atoms with Crippen LogP contribution in [-0.2, 0) is 4.79 Å². The third-order valence-electron chi connectivity index (χ3n) is 2.78. The number of halogens is 3. The number of amides is 1. The van der Waals surface area contributed by atoms with Gasteiger partial charge in [-0.15, -0.1) is 0 Å². The maximum absolute atomic E-state index is 12.3. The van der Waals surface area contributed by atoms with E-state index in [2.05, 4.69) is 5.32 Å². The molecule has 0 aliphatic carbocycles. The molecule has 1 rings (SSSR count). The lowest BCUT2D eigenvalue weighted by Crippen LogP contribution is -2.51. The number of alkyl halides is 3. The van der Waals surface area contributed by atoms with Gasteiger partial charge in [-0.2, -0.15) is 13.2 Å². The van der Waals surface area contributed by atoms with Crippen LogP contribution in [0.15, 0.2) is 0 Å². The molecule has 100 valence electrons. The zero-order valence-electron chi connectivity index (χ0n) is 10.0. The van der Waals surface area contributed by atoms with Gasteiger partial charge >= 0.3 is 6.18 Å². The van der Waals surface area contributed by atoms with Gasteiger partial charge in [0.05, 0.1) is 6.04 Å². The van der Waals surface area contributed by atoms with Gasteiger partial charge < -0.3 is 10.2 Å². The Morgan fingerprint density at radius 1 is 1.41 bits per heavy atom. The first kappa shape index (κ1) is 14.3.